The molecule has 5 atom stereocenters. The van der Waals surface area contributed by atoms with Gasteiger partial charge in [-0.1, -0.05) is 34.8 Å². The molecule has 2 unspecified atom stereocenters. The van der Waals surface area contributed by atoms with Gasteiger partial charge in [0.15, 0.2) is 17.9 Å². The molecule has 0 saturated carbocycles. The molecule has 3 aliphatic rings. The van der Waals surface area contributed by atoms with Crippen LogP contribution in [0.3, 0.4) is 0 Å². The number of aliphatic imine (C=N–C) groups is 1. The molecule has 3 aliphatic heterocycles. The van der Waals surface area contributed by atoms with E-state index in [0.717, 1.165) is 0 Å². The number of carbonyl (C=O) groups excluding carboxylic acids is 1. The highest BCUT2D eigenvalue weighted by Gasteiger charge is 2.57. The Balaban J connectivity index is 1.90. The van der Waals surface area contributed by atoms with Crippen molar-refractivity contribution < 1.29 is 28.5 Å². The molecule has 3 heterocycles. The van der Waals surface area contributed by atoms with Gasteiger partial charge in [0.1, 0.15) is 12.2 Å². The van der Waals surface area contributed by atoms with E-state index in [1.807, 2.05) is 0 Å². The average molecular weight is 389 g/mol. The van der Waals surface area contributed by atoms with Crippen molar-refractivity contribution in [1.29, 1.82) is 0 Å². The van der Waals surface area contributed by atoms with Gasteiger partial charge < -0.3 is 23.7 Å². The van der Waals surface area contributed by atoms with Crippen LogP contribution in [0, 0.1) is 0 Å². The van der Waals surface area contributed by atoms with Crippen LogP contribution in [0.5, 0.6) is 0 Å². The van der Waals surface area contributed by atoms with E-state index in [2.05, 4.69) is 4.99 Å². The standard InChI is InChI=1S/C13H16Cl3NO6/c1-5(18)20-9-7-10(22-11(17-7)13(14,15)16)21-6-4-19-12(2,3)23-8(6)9/h6-10H,4H2,1-3H3/t6?,7?,8-,9-,10-/m1/s1. The topological polar surface area (TPSA) is 75.6 Å². The molecule has 3 rings (SSSR count). The van der Waals surface area contributed by atoms with E-state index in [0.29, 0.717) is 0 Å². The quantitative estimate of drug-likeness (QED) is 0.505. The normalized spacial score (nSPS) is 38.9. The van der Waals surface area contributed by atoms with E-state index in [-0.39, 0.29) is 12.5 Å². The maximum absolute atomic E-state index is 11.5. The van der Waals surface area contributed by atoms with Crippen LogP contribution < -0.4 is 0 Å². The number of fused-ring (bicyclic) bond motifs is 2. The molecule has 7 nitrogen and oxygen atoms in total. The van der Waals surface area contributed by atoms with Crippen molar-refractivity contribution >= 4 is 46.7 Å². The highest BCUT2D eigenvalue weighted by atomic mass is 35.6. The third-order valence-electron chi connectivity index (χ3n) is 3.67. The van der Waals surface area contributed by atoms with Gasteiger partial charge in [0.2, 0.25) is 12.2 Å². The Bertz CT molecular complexity index is 534. The average Bonchev–Trinajstić information content (AvgIpc) is 2.82. The van der Waals surface area contributed by atoms with Crippen LogP contribution in [-0.4, -0.2) is 58.7 Å². The van der Waals surface area contributed by atoms with E-state index in [9.17, 15) is 4.79 Å². The number of ether oxygens (including phenoxy) is 5. The lowest BCUT2D eigenvalue weighted by atomic mass is 9.96. The van der Waals surface area contributed by atoms with E-state index in [4.69, 9.17) is 58.5 Å². The fourth-order valence-corrected chi connectivity index (χ4v) is 3.07. The molecule has 0 aromatic heterocycles. The lowest BCUT2D eigenvalue weighted by Crippen LogP contribution is -2.64. The minimum absolute atomic E-state index is 0.103. The summed E-state index contributed by atoms with van der Waals surface area (Å²) in [6.07, 6.45) is -2.62. The van der Waals surface area contributed by atoms with Crippen LogP contribution in [0.15, 0.2) is 4.99 Å². The van der Waals surface area contributed by atoms with Gasteiger partial charge in [-0.15, -0.1) is 0 Å². The van der Waals surface area contributed by atoms with E-state index >= 15 is 0 Å². The van der Waals surface area contributed by atoms with Gasteiger partial charge in [0.05, 0.1) is 6.61 Å². The number of nitrogens with zero attached hydrogens (tertiary/aromatic N) is 1. The molecule has 23 heavy (non-hydrogen) atoms. The number of hydrogen-bond donors (Lipinski definition) is 0. The minimum Gasteiger partial charge on any atom is -0.457 e. The van der Waals surface area contributed by atoms with Crippen LogP contribution in [0.1, 0.15) is 20.8 Å². The zero-order valence-electron chi connectivity index (χ0n) is 12.6. The van der Waals surface area contributed by atoms with Crippen molar-refractivity contribution in [1.82, 2.24) is 0 Å². The number of halogens is 3. The second-order valence-corrected chi connectivity index (χ2v) is 8.23. The number of hydrogen-bond acceptors (Lipinski definition) is 7. The van der Waals surface area contributed by atoms with Crippen molar-refractivity contribution in [2.45, 2.75) is 61.0 Å². The predicted molar refractivity (Wildman–Crippen MR) is 81.7 cm³/mol. The van der Waals surface area contributed by atoms with Crippen LogP contribution in [0.25, 0.3) is 0 Å². The van der Waals surface area contributed by atoms with Crippen LogP contribution in [-0.2, 0) is 28.5 Å². The number of rotatable bonds is 1. The van der Waals surface area contributed by atoms with Crippen molar-refractivity contribution in [3.63, 3.8) is 0 Å². The lowest BCUT2D eigenvalue weighted by molar-refractivity contribution is -0.358. The first-order valence-electron chi connectivity index (χ1n) is 7.03. The zero-order chi connectivity index (χ0) is 17.0. The highest BCUT2D eigenvalue weighted by Crippen LogP contribution is 2.40. The first kappa shape index (κ1) is 17.5. The molecule has 0 N–H and O–H groups in total. The molecule has 2 fully saturated rings. The fourth-order valence-electron chi connectivity index (χ4n) is 2.79. The largest absolute Gasteiger partial charge is 0.457 e. The summed E-state index contributed by atoms with van der Waals surface area (Å²) in [7, 11) is 0. The molecule has 0 spiro atoms. The fraction of sp³-hybridized carbons (Fsp3) is 0.846. The number of carbonyl (C=O) groups is 1. The maximum atomic E-state index is 11.5. The monoisotopic (exact) mass is 387 g/mol. The minimum atomic E-state index is -1.83. The third-order valence-corrected chi connectivity index (χ3v) is 4.15. The molecule has 0 radical (unpaired) electrons. The highest BCUT2D eigenvalue weighted by molar-refractivity contribution is 6.76. The van der Waals surface area contributed by atoms with Crippen molar-refractivity contribution in [3.05, 3.63) is 0 Å². The summed E-state index contributed by atoms with van der Waals surface area (Å²) < 4.78 is 26.3. The summed E-state index contributed by atoms with van der Waals surface area (Å²) in [4.78, 5) is 15.7. The van der Waals surface area contributed by atoms with Crippen molar-refractivity contribution in [3.8, 4) is 0 Å². The molecule has 10 heteroatoms. The second-order valence-electron chi connectivity index (χ2n) is 5.95. The third kappa shape index (κ3) is 3.55. The summed E-state index contributed by atoms with van der Waals surface area (Å²) >= 11 is 17.4. The number of alkyl halides is 3. The Hall–Kier alpha value is -0.310. The maximum Gasteiger partial charge on any atom is 0.303 e. The van der Waals surface area contributed by atoms with E-state index < -0.39 is 46.2 Å². The van der Waals surface area contributed by atoms with E-state index in [1.165, 1.54) is 6.92 Å². The Morgan fingerprint density at radius 1 is 1.39 bits per heavy atom. The first-order valence-corrected chi connectivity index (χ1v) is 8.16. The van der Waals surface area contributed by atoms with E-state index in [1.54, 1.807) is 13.8 Å². The number of esters is 1. The summed E-state index contributed by atoms with van der Waals surface area (Å²) in [5.41, 5.74) is 0. The molecule has 130 valence electrons. The Kier molecular flexibility index (Phi) is 4.49. The summed E-state index contributed by atoms with van der Waals surface area (Å²) in [5.74, 6) is -1.41. The molecule has 0 amide bonds. The van der Waals surface area contributed by atoms with Gasteiger partial charge in [-0.05, 0) is 13.8 Å². The van der Waals surface area contributed by atoms with Gasteiger partial charge in [0, 0.05) is 6.92 Å². The molecular formula is C13H16Cl3NO6. The predicted octanol–water partition coefficient (Wildman–Crippen LogP) is 1.96. The first-order chi connectivity index (χ1) is 10.6. The van der Waals surface area contributed by atoms with Crippen molar-refractivity contribution in [2.24, 2.45) is 4.99 Å². The SMILES string of the molecule is CC(=O)O[C@@H]1C2N=C(C(Cl)(Cl)Cl)O[C@H]2OC2COC(C)(C)O[C@H]21. The lowest BCUT2D eigenvalue weighted by Gasteiger charge is -2.48. The molecule has 0 aromatic carbocycles. The van der Waals surface area contributed by atoms with Gasteiger partial charge in [-0.3, -0.25) is 4.79 Å². The molecule has 0 aromatic rings. The van der Waals surface area contributed by atoms with Crippen LogP contribution in [0.4, 0.5) is 0 Å². The molecule has 0 bridgehead atoms. The van der Waals surface area contributed by atoms with Gasteiger partial charge in [0.25, 0.3) is 3.79 Å². The molecular weight excluding hydrogens is 373 g/mol. The Morgan fingerprint density at radius 3 is 2.70 bits per heavy atom. The second kappa shape index (κ2) is 5.89. The van der Waals surface area contributed by atoms with Gasteiger partial charge in [-0.2, -0.15) is 0 Å². The molecule has 0 aliphatic carbocycles. The van der Waals surface area contributed by atoms with Gasteiger partial charge >= 0.3 is 5.97 Å². The smallest absolute Gasteiger partial charge is 0.303 e. The zero-order valence-corrected chi connectivity index (χ0v) is 14.9. The summed E-state index contributed by atoms with van der Waals surface area (Å²) in [5, 5.41) is 0. The molecule has 2 saturated heterocycles. The Morgan fingerprint density at radius 2 is 2.09 bits per heavy atom. The van der Waals surface area contributed by atoms with Gasteiger partial charge in [-0.25, -0.2) is 4.99 Å². The summed E-state index contributed by atoms with van der Waals surface area (Å²) in [6.45, 7) is 5.09. The summed E-state index contributed by atoms with van der Waals surface area (Å²) in [6, 6.07) is -0.681. The van der Waals surface area contributed by atoms with Crippen LogP contribution in [0.2, 0.25) is 0 Å². The van der Waals surface area contributed by atoms with Crippen LogP contribution >= 0.6 is 34.8 Å². The van der Waals surface area contributed by atoms with Crippen molar-refractivity contribution in [2.75, 3.05) is 6.61 Å². The Labute approximate surface area is 148 Å².